The van der Waals surface area contributed by atoms with Crippen molar-refractivity contribution in [3.05, 3.63) is 97.2 Å². The molecule has 0 saturated heterocycles. The fourth-order valence-corrected chi connectivity index (χ4v) is 9.56. The molecule has 0 bridgehead atoms. The molecular weight excluding hydrogens is 973 g/mol. The topological polar surface area (TPSA) is 78.9 Å². The van der Waals surface area contributed by atoms with E-state index < -0.39 is 6.10 Å². The van der Waals surface area contributed by atoms with Gasteiger partial charge in [0.25, 0.3) is 0 Å². The van der Waals surface area contributed by atoms with Crippen molar-refractivity contribution in [3.63, 3.8) is 0 Å². The van der Waals surface area contributed by atoms with Gasteiger partial charge < -0.3 is 14.2 Å². The zero-order valence-electron chi connectivity index (χ0n) is 52.1. The minimum Gasteiger partial charge on any atom is -0.462 e. The molecule has 0 saturated carbocycles. The van der Waals surface area contributed by atoms with Crippen LogP contribution in [0.5, 0.6) is 0 Å². The van der Waals surface area contributed by atoms with E-state index in [1.54, 1.807) is 0 Å². The molecule has 6 nitrogen and oxygen atoms in total. The SMILES string of the molecule is CC/C=C\C/C=C\C/C=C\C/C=C\CCCCCCCCCCCCC(=O)OC(COC(=O)CCCCC/C=C\C/C=C\C/C=C\CC)COC(=O)CCCCCCCCCCCCCCC/C=C\CCCCCCCCCC. The third-order valence-corrected chi connectivity index (χ3v) is 14.6. The first-order valence-electron chi connectivity index (χ1n) is 33.7. The van der Waals surface area contributed by atoms with E-state index in [9.17, 15) is 14.4 Å². The largest absolute Gasteiger partial charge is 0.462 e. The average molecular weight is 1100 g/mol. The molecule has 1 atom stereocenters. The molecule has 0 aromatic rings. The van der Waals surface area contributed by atoms with Crippen LogP contribution in [0.4, 0.5) is 0 Å². The molecule has 79 heavy (non-hydrogen) atoms. The van der Waals surface area contributed by atoms with Crippen LogP contribution in [0.2, 0.25) is 0 Å². The molecule has 0 fully saturated rings. The molecule has 454 valence electrons. The molecule has 6 heteroatoms. The van der Waals surface area contributed by atoms with E-state index >= 15 is 0 Å². The van der Waals surface area contributed by atoms with Gasteiger partial charge in [0.2, 0.25) is 0 Å². The molecule has 0 N–H and O–H groups in total. The molecule has 0 aliphatic carbocycles. The number of esters is 3. The van der Waals surface area contributed by atoms with Gasteiger partial charge in [0.05, 0.1) is 0 Å². The van der Waals surface area contributed by atoms with Gasteiger partial charge in [-0.3, -0.25) is 14.4 Å². The average Bonchev–Trinajstić information content (AvgIpc) is 3.45. The molecule has 0 aliphatic rings. The maximum absolute atomic E-state index is 12.9. The molecule has 0 amide bonds. The highest BCUT2D eigenvalue weighted by molar-refractivity contribution is 5.71. The van der Waals surface area contributed by atoms with Crippen molar-refractivity contribution in [1.29, 1.82) is 0 Å². The Morgan fingerprint density at radius 1 is 0.266 bits per heavy atom. The van der Waals surface area contributed by atoms with Crippen molar-refractivity contribution >= 4 is 17.9 Å². The second kappa shape index (κ2) is 66.8. The number of hydrogen-bond donors (Lipinski definition) is 0. The summed E-state index contributed by atoms with van der Waals surface area (Å²) in [5.41, 5.74) is 0. The van der Waals surface area contributed by atoms with Crippen molar-refractivity contribution in [2.45, 2.75) is 335 Å². The van der Waals surface area contributed by atoms with Gasteiger partial charge in [0.1, 0.15) is 13.2 Å². The zero-order valence-corrected chi connectivity index (χ0v) is 52.1. The van der Waals surface area contributed by atoms with Crippen LogP contribution >= 0.6 is 0 Å². The standard InChI is InChI=1S/C73H126O6/c1-4-7-10-13-16-19-22-25-27-29-31-33-35-36-38-39-41-43-45-48-51-54-57-60-63-66-72(75)78-69-70(68-77-71(74)65-62-59-56-53-50-47-24-21-18-15-12-9-6-3)79-73(76)67-64-61-58-55-52-49-46-44-42-40-37-34-32-30-28-26-23-20-17-14-11-8-5-2/h8-9,11-12,17-18,20-21,26,28-29,31-32,34,47,50,70H,4-7,10,13-16,19,22-25,27,30,33,35-46,48-49,51-69H2,1-3H3/b11-8-,12-9-,20-17-,21-18-,28-26-,31-29-,34-32-,50-47-. The second-order valence-electron chi connectivity index (χ2n) is 22.3. The van der Waals surface area contributed by atoms with Crippen LogP contribution in [0.25, 0.3) is 0 Å². The van der Waals surface area contributed by atoms with Crippen LogP contribution in [0.15, 0.2) is 97.2 Å². The lowest BCUT2D eigenvalue weighted by Gasteiger charge is -2.18. The summed E-state index contributed by atoms with van der Waals surface area (Å²) in [5.74, 6) is -0.910. The van der Waals surface area contributed by atoms with Gasteiger partial charge in [-0.2, -0.15) is 0 Å². The quantitative estimate of drug-likeness (QED) is 0.0261. The van der Waals surface area contributed by atoms with Crippen molar-refractivity contribution in [1.82, 2.24) is 0 Å². The summed E-state index contributed by atoms with van der Waals surface area (Å²) in [6.45, 7) is 6.42. The summed E-state index contributed by atoms with van der Waals surface area (Å²) in [7, 11) is 0. The van der Waals surface area contributed by atoms with Gasteiger partial charge in [0, 0.05) is 19.3 Å². The van der Waals surface area contributed by atoms with Gasteiger partial charge in [-0.25, -0.2) is 0 Å². The number of hydrogen-bond acceptors (Lipinski definition) is 6. The van der Waals surface area contributed by atoms with E-state index in [1.807, 2.05) is 0 Å². The van der Waals surface area contributed by atoms with Crippen molar-refractivity contribution in [2.24, 2.45) is 0 Å². The van der Waals surface area contributed by atoms with Gasteiger partial charge >= 0.3 is 17.9 Å². The van der Waals surface area contributed by atoms with E-state index in [4.69, 9.17) is 14.2 Å². The third kappa shape index (κ3) is 65.0. The molecule has 0 radical (unpaired) electrons. The van der Waals surface area contributed by atoms with Crippen LogP contribution in [0, 0.1) is 0 Å². The Bertz CT molecular complexity index is 1540. The first kappa shape index (κ1) is 75.3. The fourth-order valence-electron chi connectivity index (χ4n) is 9.56. The second-order valence-corrected chi connectivity index (χ2v) is 22.3. The first-order chi connectivity index (χ1) is 39.0. The van der Waals surface area contributed by atoms with Crippen LogP contribution in [0.3, 0.4) is 0 Å². The monoisotopic (exact) mass is 1100 g/mol. The smallest absolute Gasteiger partial charge is 0.306 e. The molecule has 0 spiro atoms. The highest BCUT2D eigenvalue weighted by Gasteiger charge is 2.19. The number of allylic oxidation sites excluding steroid dienone is 16. The summed E-state index contributed by atoms with van der Waals surface area (Å²) < 4.78 is 16.9. The fraction of sp³-hybridized carbons (Fsp3) is 0.740. The normalized spacial score (nSPS) is 12.7. The predicted octanol–water partition coefficient (Wildman–Crippen LogP) is 23.2. The first-order valence-corrected chi connectivity index (χ1v) is 33.7. The lowest BCUT2D eigenvalue weighted by atomic mass is 10.0. The maximum Gasteiger partial charge on any atom is 0.306 e. The number of ether oxygens (including phenoxy) is 3. The minimum atomic E-state index is -0.794. The summed E-state index contributed by atoms with van der Waals surface area (Å²) >= 11 is 0. The van der Waals surface area contributed by atoms with Crippen LogP contribution in [-0.4, -0.2) is 37.2 Å². The van der Waals surface area contributed by atoms with Crippen molar-refractivity contribution < 1.29 is 28.6 Å². The van der Waals surface area contributed by atoms with Crippen LogP contribution in [0.1, 0.15) is 329 Å². The molecule has 0 aromatic heterocycles. The van der Waals surface area contributed by atoms with Crippen molar-refractivity contribution in [2.75, 3.05) is 13.2 Å². The summed E-state index contributed by atoms with van der Waals surface area (Å²) in [4.78, 5) is 38.4. The predicted molar refractivity (Wildman–Crippen MR) is 344 cm³/mol. The van der Waals surface area contributed by atoms with Gasteiger partial charge in [-0.15, -0.1) is 0 Å². The Balaban J connectivity index is 4.30. The zero-order chi connectivity index (χ0) is 57.1. The minimum absolute atomic E-state index is 0.0873. The van der Waals surface area contributed by atoms with Crippen LogP contribution in [-0.2, 0) is 28.6 Å². The summed E-state index contributed by atoms with van der Waals surface area (Å²) in [6, 6.07) is 0. The molecule has 0 heterocycles. The van der Waals surface area contributed by atoms with Crippen molar-refractivity contribution in [3.8, 4) is 0 Å². The Kier molecular flexibility index (Phi) is 63.7. The molecule has 0 aromatic carbocycles. The summed E-state index contributed by atoms with van der Waals surface area (Å²) in [5, 5.41) is 0. The van der Waals surface area contributed by atoms with E-state index in [0.29, 0.717) is 19.3 Å². The van der Waals surface area contributed by atoms with Gasteiger partial charge in [-0.05, 0) is 116 Å². The molecular formula is C73H126O6. The van der Waals surface area contributed by atoms with E-state index in [0.717, 1.165) is 109 Å². The number of carbonyl (C=O) groups is 3. The molecule has 0 aliphatic heterocycles. The summed E-state index contributed by atoms with van der Waals surface area (Å²) in [6.07, 6.45) is 90.0. The number of rotatable bonds is 61. The third-order valence-electron chi connectivity index (χ3n) is 14.6. The number of carbonyl (C=O) groups excluding carboxylic acids is 3. The Morgan fingerprint density at radius 3 is 0.797 bits per heavy atom. The Labute approximate surface area is 489 Å². The molecule has 1 unspecified atom stereocenters. The van der Waals surface area contributed by atoms with E-state index in [2.05, 4.69) is 118 Å². The highest BCUT2D eigenvalue weighted by atomic mass is 16.6. The Morgan fingerprint density at radius 2 is 0.494 bits per heavy atom. The van der Waals surface area contributed by atoms with E-state index in [1.165, 1.54) is 180 Å². The van der Waals surface area contributed by atoms with E-state index in [-0.39, 0.29) is 31.1 Å². The number of unbranched alkanes of at least 4 members (excludes halogenated alkanes) is 34. The lowest BCUT2D eigenvalue weighted by molar-refractivity contribution is -0.167. The van der Waals surface area contributed by atoms with Gasteiger partial charge in [-0.1, -0.05) is 291 Å². The van der Waals surface area contributed by atoms with Gasteiger partial charge in [0.15, 0.2) is 6.10 Å². The lowest BCUT2D eigenvalue weighted by Crippen LogP contribution is -2.30. The highest BCUT2D eigenvalue weighted by Crippen LogP contribution is 2.17. The maximum atomic E-state index is 12.9. The van der Waals surface area contributed by atoms with Crippen LogP contribution < -0.4 is 0 Å². The Hall–Kier alpha value is -3.67. The molecule has 0 rings (SSSR count).